The fraction of sp³-hybridized carbons (Fsp3) is 0.500. The zero-order chi connectivity index (χ0) is 15.8. The second kappa shape index (κ2) is 7.59. The van der Waals surface area contributed by atoms with Crippen LogP contribution in [0, 0.1) is 69.2 Å². The molecule has 21 heavy (non-hydrogen) atoms. The van der Waals surface area contributed by atoms with Crippen molar-refractivity contribution < 1.29 is 21.1 Å². The van der Waals surface area contributed by atoms with Crippen LogP contribution >= 0.6 is 0 Å². The van der Waals surface area contributed by atoms with E-state index in [2.05, 4.69) is 69.2 Å². The van der Waals surface area contributed by atoms with Gasteiger partial charge in [-0.3, -0.25) is 0 Å². The first-order chi connectivity index (χ1) is 9.11. The van der Waals surface area contributed by atoms with Crippen LogP contribution in [0.2, 0.25) is 0 Å². The van der Waals surface area contributed by atoms with Crippen LogP contribution in [0.25, 0.3) is 0 Å². The third-order valence-corrected chi connectivity index (χ3v) is 5.62. The molecule has 2 aromatic rings. The minimum atomic E-state index is 0. The Labute approximate surface area is 146 Å². The third kappa shape index (κ3) is 3.78. The molecule has 0 saturated carbocycles. The number of rotatable bonds is 0. The third-order valence-electron chi connectivity index (χ3n) is 5.62. The van der Waals surface area contributed by atoms with Crippen LogP contribution in [-0.4, -0.2) is 0 Å². The van der Waals surface area contributed by atoms with E-state index in [1.54, 1.807) is 0 Å². The standard InChI is InChI=1S/2C10H15.Mo/c2*1-6-7(2)9(4)10(5)8(6)3;/h2*1-5H3;/q2*-1;+2. The fourth-order valence-electron chi connectivity index (χ4n) is 2.81. The molecule has 2 aromatic carbocycles. The SMILES string of the molecule is Cc1c(C)c(C)[c-](C)c1C.Cc1c(C)c(C)[c-](C)c1C.[Mo+2]. The molecule has 0 atom stereocenters. The van der Waals surface area contributed by atoms with Gasteiger partial charge in [-0.2, -0.15) is 55.6 Å². The minimum Gasteiger partial charge on any atom is -0.196 e. The van der Waals surface area contributed by atoms with Gasteiger partial charge in [-0.05, 0) is 0 Å². The van der Waals surface area contributed by atoms with E-state index in [4.69, 9.17) is 0 Å². The zero-order valence-corrected chi connectivity index (χ0v) is 17.4. The van der Waals surface area contributed by atoms with Crippen molar-refractivity contribution in [3.05, 3.63) is 55.6 Å². The van der Waals surface area contributed by atoms with Gasteiger partial charge in [0.25, 0.3) is 0 Å². The topological polar surface area (TPSA) is 0 Å². The second-order valence-electron chi connectivity index (χ2n) is 6.25. The largest absolute Gasteiger partial charge is 2.00 e. The molecule has 116 valence electrons. The van der Waals surface area contributed by atoms with Crippen molar-refractivity contribution >= 4 is 0 Å². The molecule has 0 spiro atoms. The zero-order valence-electron chi connectivity index (χ0n) is 15.4. The normalized spacial score (nSPS) is 10.0. The van der Waals surface area contributed by atoms with Gasteiger partial charge in [-0.15, -0.1) is 0 Å². The maximum absolute atomic E-state index is 2.20. The van der Waals surface area contributed by atoms with Crippen LogP contribution in [0.15, 0.2) is 0 Å². The Morgan fingerprint density at radius 3 is 0.619 bits per heavy atom. The van der Waals surface area contributed by atoms with Gasteiger partial charge in [-0.1, -0.05) is 69.2 Å². The molecule has 0 bridgehead atoms. The van der Waals surface area contributed by atoms with Crippen LogP contribution in [0.5, 0.6) is 0 Å². The van der Waals surface area contributed by atoms with Crippen LogP contribution < -0.4 is 0 Å². The van der Waals surface area contributed by atoms with Crippen molar-refractivity contribution in [1.82, 2.24) is 0 Å². The molecule has 0 heterocycles. The summed E-state index contributed by atoms with van der Waals surface area (Å²) in [7, 11) is 0. The van der Waals surface area contributed by atoms with Gasteiger partial charge < -0.3 is 0 Å². The Kier molecular flexibility index (Phi) is 7.37. The Bertz CT molecular complexity index is 404. The molecular weight excluding hydrogens is 336 g/mol. The first kappa shape index (κ1) is 20.4. The summed E-state index contributed by atoms with van der Waals surface area (Å²) in [5, 5.41) is 0. The summed E-state index contributed by atoms with van der Waals surface area (Å²) < 4.78 is 0. The van der Waals surface area contributed by atoms with E-state index in [9.17, 15) is 0 Å². The van der Waals surface area contributed by atoms with E-state index >= 15 is 0 Å². The second-order valence-corrected chi connectivity index (χ2v) is 6.25. The maximum Gasteiger partial charge on any atom is 2.00 e. The Hall–Kier alpha value is -0.612. The Balaban J connectivity index is 0.000000364. The van der Waals surface area contributed by atoms with Gasteiger partial charge in [0.2, 0.25) is 0 Å². The Morgan fingerprint density at radius 1 is 0.429 bits per heavy atom. The quantitative estimate of drug-likeness (QED) is 0.403. The predicted octanol–water partition coefficient (Wildman–Crippen LogP) is 5.89. The van der Waals surface area contributed by atoms with Gasteiger partial charge in [0.15, 0.2) is 0 Å². The van der Waals surface area contributed by atoms with Crippen LogP contribution in [-0.2, 0) is 21.1 Å². The van der Waals surface area contributed by atoms with E-state index in [-0.39, 0.29) is 21.1 Å². The summed E-state index contributed by atoms with van der Waals surface area (Å²) in [5.74, 6) is 0. The average molecular weight is 366 g/mol. The van der Waals surface area contributed by atoms with E-state index < -0.39 is 0 Å². The van der Waals surface area contributed by atoms with Gasteiger partial charge in [0, 0.05) is 0 Å². The summed E-state index contributed by atoms with van der Waals surface area (Å²) in [6.07, 6.45) is 0. The van der Waals surface area contributed by atoms with Crippen LogP contribution in [0.3, 0.4) is 0 Å². The molecule has 0 nitrogen and oxygen atoms in total. The molecule has 0 fully saturated rings. The van der Waals surface area contributed by atoms with Crippen molar-refractivity contribution in [3.63, 3.8) is 0 Å². The molecule has 0 aliphatic rings. The van der Waals surface area contributed by atoms with Crippen molar-refractivity contribution in [2.45, 2.75) is 69.2 Å². The minimum absolute atomic E-state index is 0. The first-order valence-electron chi connectivity index (χ1n) is 7.50. The van der Waals surface area contributed by atoms with Crippen molar-refractivity contribution in [2.75, 3.05) is 0 Å². The molecule has 0 amide bonds. The van der Waals surface area contributed by atoms with Gasteiger partial charge in [-0.25, -0.2) is 0 Å². The summed E-state index contributed by atoms with van der Waals surface area (Å²) in [4.78, 5) is 0. The Morgan fingerprint density at radius 2 is 0.571 bits per heavy atom. The molecule has 0 aliphatic heterocycles. The molecular formula is C20H30Mo. The monoisotopic (exact) mass is 368 g/mol. The summed E-state index contributed by atoms with van der Waals surface area (Å²) in [5.41, 5.74) is 14.7. The molecule has 2 rings (SSSR count). The number of hydrogen-bond acceptors (Lipinski definition) is 0. The number of hydrogen-bond donors (Lipinski definition) is 0. The van der Waals surface area contributed by atoms with E-state index in [1.165, 1.54) is 55.6 Å². The van der Waals surface area contributed by atoms with Crippen molar-refractivity contribution in [3.8, 4) is 0 Å². The molecule has 0 saturated heterocycles. The van der Waals surface area contributed by atoms with Gasteiger partial charge in [0.05, 0.1) is 0 Å². The average Bonchev–Trinajstić information content (AvgIpc) is 2.71. The van der Waals surface area contributed by atoms with Gasteiger partial charge >= 0.3 is 21.1 Å². The predicted molar refractivity (Wildman–Crippen MR) is 91.4 cm³/mol. The molecule has 0 N–H and O–H groups in total. The smallest absolute Gasteiger partial charge is 0.196 e. The maximum atomic E-state index is 2.20. The molecule has 0 aromatic heterocycles. The summed E-state index contributed by atoms with van der Waals surface area (Å²) in [6, 6.07) is 0. The molecule has 0 unspecified atom stereocenters. The fourth-order valence-corrected chi connectivity index (χ4v) is 2.81. The van der Waals surface area contributed by atoms with Crippen molar-refractivity contribution in [1.29, 1.82) is 0 Å². The van der Waals surface area contributed by atoms with Crippen LogP contribution in [0.1, 0.15) is 55.6 Å². The summed E-state index contributed by atoms with van der Waals surface area (Å²) >= 11 is 0. The van der Waals surface area contributed by atoms with Gasteiger partial charge in [0.1, 0.15) is 0 Å². The van der Waals surface area contributed by atoms with Crippen LogP contribution in [0.4, 0.5) is 0 Å². The van der Waals surface area contributed by atoms with E-state index in [0.717, 1.165) is 0 Å². The summed E-state index contributed by atoms with van der Waals surface area (Å²) in [6.45, 7) is 22.0. The molecule has 0 radical (unpaired) electrons. The van der Waals surface area contributed by atoms with E-state index in [0.29, 0.717) is 0 Å². The van der Waals surface area contributed by atoms with Crippen molar-refractivity contribution in [2.24, 2.45) is 0 Å². The first-order valence-corrected chi connectivity index (χ1v) is 7.50. The molecule has 0 aliphatic carbocycles. The van der Waals surface area contributed by atoms with E-state index in [1.807, 2.05) is 0 Å². The molecule has 1 heteroatoms.